The van der Waals surface area contributed by atoms with Crippen molar-refractivity contribution in [2.24, 2.45) is 0 Å². The number of anilines is 2. The topological polar surface area (TPSA) is 38.5 Å². The molecule has 1 heterocycles. The molecule has 0 bridgehead atoms. The highest BCUT2D eigenvalue weighted by Gasteiger charge is 2.29. The standard InChI is InChI=1S/C17H22N2OS/c1-2-8-20-17-10-15(5-6-16(17)18)19(14-3-4-14)11-13-7-9-21-12-13/h5-7,9-10,12,14H,2-4,8,11,18H2,1H3. The van der Waals surface area contributed by atoms with Gasteiger partial charge in [-0.25, -0.2) is 0 Å². The average molecular weight is 302 g/mol. The molecule has 1 aliphatic carbocycles. The van der Waals surface area contributed by atoms with E-state index in [0.29, 0.717) is 12.6 Å². The number of benzene rings is 1. The smallest absolute Gasteiger partial charge is 0.144 e. The van der Waals surface area contributed by atoms with Gasteiger partial charge in [0.1, 0.15) is 5.75 Å². The molecule has 3 rings (SSSR count). The van der Waals surface area contributed by atoms with Crippen LogP contribution in [0.2, 0.25) is 0 Å². The first-order valence-electron chi connectivity index (χ1n) is 7.58. The number of hydrogen-bond acceptors (Lipinski definition) is 4. The van der Waals surface area contributed by atoms with Crippen molar-refractivity contribution in [3.63, 3.8) is 0 Å². The highest BCUT2D eigenvalue weighted by Crippen LogP contribution is 2.36. The summed E-state index contributed by atoms with van der Waals surface area (Å²) in [5.74, 6) is 0.810. The highest BCUT2D eigenvalue weighted by molar-refractivity contribution is 7.07. The Kier molecular flexibility index (Phi) is 4.34. The van der Waals surface area contributed by atoms with Gasteiger partial charge in [0.05, 0.1) is 12.3 Å². The van der Waals surface area contributed by atoms with Gasteiger partial charge in [0.2, 0.25) is 0 Å². The third-order valence-electron chi connectivity index (χ3n) is 3.71. The molecular weight excluding hydrogens is 280 g/mol. The largest absolute Gasteiger partial charge is 0.491 e. The van der Waals surface area contributed by atoms with Gasteiger partial charge in [-0.2, -0.15) is 11.3 Å². The minimum absolute atomic E-state index is 0.660. The number of nitrogen functional groups attached to an aromatic ring is 1. The molecule has 1 aliphatic rings. The van der Waals surface area contributed by atoms with Crippen LogP contribution in [0.3, 0.4) is 0 Å². The number of rotatable bonds is 7. The Balaban J connectivity index is 1.81. The number of nitrogens with zero attached hydrogens (tertiary/aromatic N) is 1. The molecule has 0 radical (unpaired) electrons. The van der Waals surface area contributed by atoms with E-state index in [1.165, 1.54) is 24.1 Å². The van der Waals surface area contributed by atoms with Crippen LogP contribution in [0.5, 0.6) is 5.75 Å². The van der Waals surface area contributed by atoms with Gasteiger partial charge in [0.25, 0.3) is 0 Å². The lowest BCUT2D eigenvalue weighted by atomic mass is 10.2. The Morgan fingerprint density at radius 3 is 2.86 bits per heavy atom. The monoisotopic (exact) mass is 302 g/mol. The molecule has 1 aromatic carbocycles. The van der Waals surface area contributed by atoms with Crippen molar-refractivity contribution in [1.82, 2.24) is 0 Å². The summed E-state index contributed by atoms with van der Waals surface area (Å²) in [5, 5.41) is 4.36. The molecule has 3 nitrogen and oxygen atoms in total. The molecule has 0 saturated heterocycles. The van der Waals surface area contributed by atoms with Crippen molar-refractivity contribution in [2.45, 2.75) is 38.8 Å². The van der Waals surface area contributed by atoms with Crippen LogP contribution in [0.25, 0.3) is 0 Å². The van der Waals surface area contributed by atoms with E-state index < -0.39 is 0 Å². The van der Waals surface area contributed by atoms with Gasteiger partial charge < -0.3 is 15.4 Å². The zero-order valence-electron chi connectivity index (χ0n) is 12.4. The van der Waals surface area contributed by atoms with Gasteiger partial charge in [-0.1, -0.05) is 6.92 Å². The van der Waals surface area contributed by atoms with Crippen molar-refractivity contribution < 1.29 is 4.74 Å². The lowest BCUT2D eigenvalue weighted by Gasteiger charge is -2.25. The summed E-state index contributed by atoms with van der Waals surface area (Å²) in [5.41, 5.74) is 9.32. The predicted molar refractivity (Wildman–Crippen MR) is 90.2 cm³/mol. The quantitative estimate of drug-likeness (QED) is 0.775. The number of thiophene rings is 1. The fourth-order valence-electron chi connectivity index (χ4n) is 2.44. The molecule has 0 spiro atoms. The van der Waals surface area contributed by atoms with E-state index in [1.54, 1.807) is 11.3 Å². The Bertz CT molecular complexity index is 578. The third-order valence-corrected chi connectivity index (χ3v) is 4.44. The highest BCUT2D eigenvalue weighted by atomic mass is 32.1. The van der Waals surface area contributed by atoms with Crippen LogP contribution in [0.15, 0.2) is 35.0 Å². The molecule has 21 heavy (non-hydrogen) atoms. The first-order valence-corrected chi connectivity index (χ1v) is 8.52. The lowest BCUT2D eigenvalue weighted by molar-refractivity contribution is 0.319. The first-order chi connectivity index (χ1) is 10.3. The van der Waals surface area contributed by atoms with Crippen molar-refractivity contribution in [3.05, 3.63) is 40.6 Å². The normalized spacial score (nSPS) is 14.1. The van der Waals surface area contributed by atoms with Crippen LogP contribution in [-0.2, 0) is 6.54 Å². The van der Waals surface area contributed by atoms with Crippen LogP contribution in [0.4, 0.5) is 11.4 Å². The second-order valence-electron chi connectivity index (χ2n) is 5.56. The molecule has 0 unspecified atom stereocenters. The Morgan fingerprint density at radius 2 is 2.19 bits per heavy atom. The molecule has 0 amide bonds. The molecule has 1 fully saturated rings. The summed E-state index contributed by atoms with van der Waals surface area (Å²) in [6.45, 7) is 3.78. The van der Waals surface area contributed by atoms with Gasteiger partial charge in [-0.3, -0.25) is 0 Å². The minimum Gasteiger partial charge on any atom is -0.491 e. The maximum Gasteiger partial charge on any atom is 0.144 e. The molecule has 1 aromatic heterocycles. The van der Waals surface area contributed by atoms with Gasteiger partial charge in [0, 0.05) is 24.3 Å². The third kappa shape index (κ3) is 3.50. The van der Waals surface area contributed by atoms with Gasteiger partial charge in [-0.05, 0) is 53.8 Å². The van der Waals surface area contributed by atoms with Crippen molar-refractivity contribution in [2.75, 3.05) is 17.2 Å². The molecular formula is C17H22N2OS. The molecule has 2 N–H and O–H groups in total. The second kappa shape index (κ2) is 6.39. The van der Waals surface area contributed by atoms with E-state index in [0.717, 1.165) is 24.4 Å². The number of hydrogen-bond donors (Lipinski definition) is 1. The van der Waals surface area contributed by atoms with E-state index in [-0.39, 0.29) is 0 Å². The number of ether oxygens (including phenoxy) is 1. The van der Waals surface area contributed by atoms with Crippen molar-refractivity contribution in [3.8, 4) is 5.75 Å². The first kappa shape index (κ1) is 14.3. The molecule has 4 heteroatoms. The molecule has 0 atom stereocenters. The van der Waals surface area contributed by atoms with E-state index in [1.807, 2.05) is 6.07 Å². The summed E-state index contributed by atoms with van der Waals surface area (Å²) < 4.78 is 5.76. The van der Waals surface area contributed by atoms with Crippen LogP contribution in [0, 0.1) is 0 Å². The number of nitrogens with two attached hydrogens (primary N) is 1. The summed E-state index contributed by atoms with van der Waals surface area (Å²) >= 11 is 1.75. The lowest BCUT2D eigenvalue weighted by Crippen LogP contribution is -2.24. The molecule has 0 aliphatic heterocycles. The summed E-state index contributed by atoms with van der Waals surface area (Å²) in [6, 6.07) is 9.02. The van der Waals surface area contributed by atoms with E-state index in [2.05, 4.69) is 40.8 Å². The average Bonchev–Trinajstić information content (AvgIpc) is 3.21. The van der Waals surface area contributed by atoms with Crippen LogP contribution in [0.1, 0.15) is 31.7 Å². The van der Waals surface area contributed by atoms with E-state index >= 15 is 0 Å². The Hall–Kier alpha value is -1.68. The zero-order chi connectivity index (χ0) is 14.7. The van der Waals surface area contributed by atoms with Crippen molar-refractivity contribution in [1.29, 1.82) is 0 Å². The van der Waals surface area contributed by atoms with E-state index in [4.69, 9.17) is 10.5 Å². The van der Waals surface area contributed by atoms with Gasteiger partial charge in [0.15, 0.2) is 0 Å². The fraction of sp³-hybridized carbons (Fsp3) is 0.412. The SMILES string of the molecule is CCCOc1cc(N(Cc2ccsc2)C2CC2)ccc1N. The minimum atomic E-state index is 0.660. The fourth-order valence-corrected chi connectivity index (χ4v) is 3.10. The maximum atomic E-state index is 6.02. The van der Waals surface area contributed by atoms with Crippen LogP contribution in [-0.4, -0.2) is 12.6 Å². The maximum absolute atomic E-state index is 6.02. The molecule has 2 aromatic rings. The van der Waals surface area contributed by atoms with Crippen molar-refractivity contribution >= 4 is 22.7 Å². The zero-order valence-corrected chi connectivity index (χ0v) is 13.2. The predicted octanol–water partition coefficient (Wildman–Crippen LogP) is 4.29. The van der Waals surface area contributed by atoms with Crippen LogP contribution < -0.4 is 15.4 Å². The Labute approximate surface area is 130 Å². The summed E-state index contributed by atoms with van der Waals surface area (Å²) in [4.78, 5) is 2.47. The van der Waals surface area contributed by atoms with Gasteiger partial charge >= 0.3 is 0 Å². The molecule has 1 saturated carbocycles. The Morgan fingerprint density at radius 1 is 1.33 bits per heavy atom. The van der Waals surface area contributed by atoms with Crippen LogP contribution >= 0.6 is 11.3 Å². The van der Waals surface area contributed by atoms with E-state index in [9.17, 15) is 0 Å². The van der Waals surface area contributed by atoms with Gasteiger partial charge in [-0.15, -0.1) is 0 Å². The summed E-state index contributed by atoms with van der Waals surface area (Å²) in [7, 11) is 0. The summed E-state index contributed by atoms with van der Waals surface area (Å²) in [6.07, 6.45) is 3.55. The second-order valence-corrected chi connectivity index (χ2v) is 6.34. The molecule has 112 valence electrons.